The Labute approximate surface area is 128 Å². The molecule has 0 unspecified atom stereocenters. The highest BCUT2D eigenvalue weighted by Gasteiger charge is 2.13. The van der Waals surface area contributed by atoms with E-state index in [4.69, 9.17) is 26.3 Å². The second-order valence-electron chi connectivity index (χ2n) is 3.95. The molecule has 0 amide bonds. The third-order valence-electron chi connectivity index (χ3n) is 2.52. The standard InChI is InChI=1S/C12H10ClN5O2S/c13-8-4-2-1-3-7(8)11-15-9(18-20-11)6-21-12-17-16-10(5-14)19-12/h1-4H,5-6,14H2. The van der Waals surface area contributed by atoms with E-state index in [-0.39, 0.29) is 6.54 Å². The van der Waals surface area contributed by atoms with Gasteiger partial charge in [-0.15, -0.1) is 10.2 Å². The van der Waals surface area contributed by atoms with Crippen molar-refractivity contribution in [2.45, 2.75) is 17.5 Å². The highest BCUT2D eigenvalue weighted by Crippen LogP contribution is 2.27. The monoisotopic (exact) mass is 323 g/mol. The molecule has 2 N–H and O–H groups in total. The van der Waals surface area contributed by atoms with Gasteiger partial charge in [-0.2, -0.15) is 4.98 Å². The Morgan fingerprint density at radius 3 is 2.86 bits per heavy atom. The van der Waals surface area contributed by atoms with E-state index >= 15 is 0 Å². The molecule has 0 aliphatic rings. The zero-order chi connectivity index (χ0) is 14.7. The van der Waals surface area contributed by atoms with Crippen LogP contribution >= 0.6 is 23.4 Å². The zero-order valence-electron chi connectivity index (χ0n) is 10.7. The van der Waals surface area contributed by atoms with Gasteiger partial charge in [-0.05, 0) is 12.1 Å². The van der Waals surface area contributed by atoms with Crippen molar-refractivity contribution in [2.24, 2.45) is 5.73 Å². The van der Waals surface area contributed by atoms with Crippen LogP contribution in [0.5, 0.6) is 0 Å². The maximum atomic E-state index is 6.08. The molecule has 7 nitrogen and oxygen atoms in total. The SMILES string of the molecule is NCc1nnc(SCc2noc(-c3ccccc3Cl)n2)o1. The van der Waals surface area contributed by atoms with Gasteiger partial charge in [0.25, 0.3) is 11.1 Å². The molecular weight excluding hydrogens is 314 g/mol. The molecule has 0 fully saturated rings. The van der Waals surface area contributed by atoms with Crippen LogP contribution in [-0.4, -0.2) is 20.3 Å². The summed E-state index contributed by atoms with van der Waals surface area (Å²) in [5.41, 5.74) is 6.09. The predicted molar refractivity (Wildman–Crippen MR) is 76.5 cm³/mol. The van der Waals surface area contributed by atoms with Crippen LogP contribution in [0.15, 0.2) is 38.4 Å². The molecule has 0 radical (unpaired) electrons. The van der Waals surface area contributed by atoms with Crippen LogP contribution < -0.4 is 5.73 Å². The number of nitrogens with two attached hydrogens (primary N) is 1. The van der Waals surface area contributed by atoms with Gasteiger partial charge < -0.3 is 14.7 Å². The molecule has 3 rings (SSSR count). The highest BCUT2D eigenvalue weighted by atomic mass is 35.5. The van der Waals surface area contributed by atoms with Crippen LogP contribution in [0.2, 0.25) is 5.02 Å². The van der Waals surface area contributed by atoms with Gasteiger partial charge in [-0.3, -0.25) is 0 Å². The molecule has 0 saturated carbocycles. The minimum absolute atomic E-state index is 0.215. The lowest BCUT2D eigenvalue weighted by molar-refractivity contribution is 0.414. The maximum Gasteiger partial charge on any atom is 0.277 e. The van der Waals surface area contributed by atoms with Gasteiger partial charge in [-0.1, -0.05) is 40.7 Å². The number of thioether (sulfide) groups is 1. The molecule has 0 saturated heterocycles. The van der Waals surface area contributed by atoms with Crippen LogP contribution in [0.25, 0.3) is 11.5 Å². The summed E-state index contributed by atoms with van der Waals surface area (Å²) in [6.45, 7) is 0.215. The van der Waals surface area contributed by atoms with Gasteiger partial charge >= 0.3 is 0 Å². The van der Waals surface area contributed by atoms with E-state index in [1.54, 1.807) is 6.07 Å². The van der Waals surface area contributed by atoms with Crippen molar-refractivity contribution in [1.82, 2.24) is 20.3 Å². The van der Waals surface area contributed by atoms with Crippen molar-refractivity contribution in [2.75, 3.05) is 0 Å². The summed E-state index contributed by atoms with van der Waals surface area (Å²) in [5, 5.41) is 12.5. The van der Waals surface area contributed by atoms with E-state index in [2.05, 4.69) is 20.3 Å². The number of hydrogen-bond donors (Lipinski definition) is 1. The van der Waals surface area contributed by atoms with Crippen LogP contribution in [0.4, 0.5) is 0 Å². The third kappa shape index (κ3) is 3.23. The molecule has 108 valence electrons. The quantitative estimate of drug-likeness (QED) is 0.714. The van der Waals surface area contributed by atoms with E-state index in [1.807, 2.05) is 18.2 Å². The van der Waals surface area contributed by atoms with Crippen molar-refractivity contribution < 1.29 is 8.94 Å². The van der Waals surface area contributed by atoms with Gasteiger partial charge in [-0.25, -0.2) is 0 Å². The molecular formula is C12H10ClN5O2S. The number of nitrogens with zero attached hydrogens (tertiary/aromatic N) is 4. The topological polar surface area (TPSA) is 104 Å². The molecule has 0 aliphatic carbocycles. The molecule has 0 aliphatic heterocycles. The van der Waals surface area contributed by atoms with Gasteiger partial charge in [0.2, 0.25) is 5.89 Å². The summed E-state index contributed by atoms with van der Waals surface area (Å²) in [6, 6.07) is 7.27. The van der Waals surface area contributed by atoms with Crippen LogP contribution in [0.3, 0.4) is 0 Å². The Bertz CT molecular complexity index is 745. The van der Waals surface area contributed by atoms with E-state index in [1.165, 1.54) is 11.8 Å². The van der Waals surface area contributed by atoms with Crippen molar-refractivity contribution in [3.05, 3.63) is 41.0 Å². The summed E-state index contributed by atoms with van der Waals surface area (Å²) in [7, 11) is 0. The fourth-order valence-electron chi connectivity index (χ4n) is 1.56. The largest absolute Gasteiger partial charge is 0.415 e. The second-order valence-corrected chi connectivity index (χ2v) is 5.28. The van der Waals surface area contributed by atoms with Crippen LogP contribution in [0.1, 0.15) is 11.7 Å². The first-order chi connectivity index (χ1) is 10.3. The first-order valence-corrected chi connectivity index (χ1v) is 7.35. The Balaban J connectivity index is 1.69. The summed E-state index contributed by atoms with van der Waals surface area (Å²) >= 11 is 7.39. The summed E-state index contributed by atoms with van der Waals surface area (Å²) in [6.07, 6.45) is 0. The van der Waals surface area contributed by atoms with Crippen LogP contribution in [0, 0.1) is 0 Å². The van der Waals surface area contributed by atoms with E-state index in [0.29, 0.717) is 39.2 Å². The molecule has 21 heavy (non-hydrogen) atoms. The molecule has 0 atom stereocenters. The van der Waals surface area contributed by atoms with Crippen molar-refractivity contribution in [1.29, 1.82) is 0 Å². The van der Waals surface area contributed by atoms with Gasteiger partial charge in [0.15, 0.2) is 5.82 Å². The Morgan fingerprint density at radius 2 is 2.10 bits per heavy atom. The Hall–Kier alpha value is -1.90. The number of benzene rings is 1. The lowest BCUT2D eigenvalue weighted by Gasteiger charge is -1.95. The van der Waals surface area contributed by atoms with Crippen molar-refractivity contribution in [3.63, 3.8) is 0 Å². The summed E-state index contributed by atoms with van der Waals surface area (Å²) in [5.74, 6) is 1.73. The van der Waals surface area contributed by atoms with E-state index < -0.39 is 0 Å². The van der Waals surface area contributed by atoms with Crippen LogP contribution in [-0.2, 0) is 12.3 Å². The normalized spacial score (nSPS) is 11.0. The molecule has 2 aromatic heterocycles. The number of halogens is 1. The Morgan fingerprint density at radius 1 is 1.24 bits per heavy atom. The number of hydrogen-bond acceptors (Lipinski definition) is 8. The van der Waals surface area contributed by atoms with Gasteiger partial charge in [0.1, 0.15) is 0 Å². The lowest BCUT2D eigenvalue weighted by Crippen LogP contribution is -1.95. The minimum Gasteiger partial charge on any atom is -0.415 e. The van der Waals surface area contributed by atoms with E-state index in [9.17, 15) is 0 Å². The number of aromatic nitrogens is 4. The Kier molecular flexibility index (Phi) is 4.18. The molecule has 2 heterocycles. The lowest BCUT2D eigenvalue weighted by atomic mass is 10.2. The number of rotatable bonds is 5. The predicted octanol–water partition coefficient (Wildman–Crippen LogP) is 2.52. The third-order valence-corrected chi connectivity index (χ3v) is 3.66. The zero-order valence-corrected chi connectivity index (χ0v) is 12.3. The summed E-state index contributed by atoms with van der Waals surface area (Å²) in [4.78, 5) is 4.29. The average molecular weight is 324 g/mol. The minimum atomic E-state index is 0.215. The smallest absolute Gasteiger partial charge is 0.277 e. The van der Waals surface area contributed by atoms with Crippen molar-refractivity contribution in [3.8, 4) is 11.5 Å². The highest BCUT2D eigenvalue weighted by molar-refractivity contribution is 7.98. The fourth-order valence-corrected chi connectivity index (χ4v) is 2.40. The maximum absolute atomic E-state index is 6.08. The second kappa shape index (κ2) is 6.25. The summed E-state index contributed by atoms with van der Waals surface area (Å²) < 4.78 is 10.5. The molecule has 9 heteroatoms. The molecule has 3 aromatic rings. The van der Waals surface area contributed by atoms with Gasteiger partial charge in [0.05, 0.1) is 22.9 Å². The molecule has 1 aromatic carbocycles. The first kappa shape index (κ1) is 14.1. The first-order valence-electron chi connectivity index (χ1n) is 5.99. The molecule has 0 spiro atoms. The fraction of sp³-hybridized carbons (Fsp3) is 0.167. The van der Waals surface area contributed by atoms with Gasteiger partial charge in [0, 0.05) is 0 Å². The van der Waals surface area contributed by atoms with E-state index in [0.717, 1.165) is 0 Å². The van der Waals surface area contributed by atoms with Crippen molar-refractivity contribution >= 4 is 23.4 Å². The molecule has 0 bridgehead atoms. The average Bonchev–Trinajstić information content (AvgIpc) is 3.14.